The average Bonchev–Trinajstić information content (AvgIpc) is 3.18. The highest BCUT2D eigenvalue weighted by Gasteiger charge is 2.46. The van der Waals surface area contributed by atoms with Crippen molar-refractivity contribution >= 4 is 17.4 Å². The summed E-state index contributed by atoms with van der Waals surface area (Å²) in [7, 11) is 6.19. The maximum Gasteiger partial charge on any atom is 0.295 e. The maximum absolute atomic E-state index is 13.5. The number of nitrogens with zero attached hydrogens (tertiary/aromatic N) is 1. The van der Waals surface area contributed by atoms with E-state index in [1.165, 1.54) is 19.1 Å². The Morgan fingerprint density at radius 1 is 0.789 bits per heavy atom. The molecular formula is C30H31NO7. The first-order chi connectivity index (χ1) is 18.2. The second-order valence-corrected chi connectivity index (χ2v) is 9.03. The molecule has 3 aromatic rings. The average molecular weight is 518 g/mol. The first-order valence-corrected chi connectivity index (χ1v) is 12.0. The van der Waals surface area contributed by atoms with Crippen molar-refractivity contribution in [3.63, 3.8) is 0 Å². The van der Waals surface area contributed by atoms with Gasteiger partial charge in [-0.15, -0.1) is 0 Å². The van der Waals surface area contributed by atoms with Crippen molar-refractivity contribution in [1.82, 2.24) is 4.90 Å². The van der Waals surface area contributed by atoms with Gasteiger partial charge in [0.1, 0.15) is 17.3 Å². The SMILES string of the molecule is COc1ccc(CN2C(=O)C(=O)/C(=C(/O)c3cc(C)c(OC)cc3C)C2c2ccc(OC)c(OC)c2)cc1. The van der Waals surface area contributed by atoms with Gasteiger partial charge in [-0.2, -0.15) is 0 Å². The zero-order chi connectivity index (χ0) is 27.6. The third-order valence-corrected chi connectivity index (χ3v) is 6.77. The van der Waals surface area contributed by atoms with Crippen LogP contribution < -0.4 is 18.9 Å². The summed E-state index contributed by atoms with van der Waals surface area (Å²) in [6, 6.07) is 15.1. The Morgan fingerprint density at radius 3 is 2.05 bits per heavy atom. The fourth-order valence-corrected chi connectivity index (χ4v) is 4.75. The van der Waals surface area contributed by atoms with Crippen molar-refractivity contribution < 1.29 is 33.6 Å². The van der Waals surface area contributed by atoms with E-state index in [1.807, 2.05) is 26.0 Å². The number of carbonyl (C=O) groups is 2. The minimum Gasteiger partial charge on any atom is -0.507 e. The van der Waals surface area contributed by atoms with Crippen LogP contribution in [0.4, 0.5) is 0 Å². The number of aliphatic hydroxyl groups excluding tert-OH is 1. The quantitative estimate of drug-likeness (QED) is 0.256. The molecule has 1 atom stereocenters. The molecule has 1 N–H and O–H groups in total. The summed E-state index contributed by atoms with van der Waals surface area (Å²) in [5.41, 5.74) is 3.35. The van der Waals surface area contributed by atoms with Gasteiger partial charge in [-0.3, -0.25) is 9.59 Å². The zero-order valence-corrected chi connectivity index (χ0v) is 22.3. The fourth-order valence-electron chi connectivity index (χ4n) is 4.75. The molecule has 1 fully saturated rings. The largest absolute Gasteiger partial charge is 0.507 e. The highest BCUT2D eigenvalue weighted by atomic mass is 16.5. The van der Waals surface area contributed by atoms with E-state index in [0.717, 1.165) is 11.1 Å². The van der Waals surface area contributed by atoms with E-state index in [9.17, 15) is 14.7 Å². The van der Waals surface area contributed by atoms with Crippen LogP contribution in [0.2, 0.25) is 0 Å². The van der Waals surface area contributed by atoms with Crippen molar-refractivity contribution in [3.05, 3.63) is 88.0 Å². The molecule has 3 aromatic carbocycles. The number of amides is 1. The summed E-state index contributed by atoms with van der Waals surface area (Å²) < 4.78 is 21.5. The van der Waals surface area contributed by atoms with Gasteiger partial charge in [0.15, 0.2) is 11.5 Å². The molecule has 1 aliphatic heterocycles. The Morgan fingerprint density at radius 2 is 1.45 bits per heavy atom. The van der Waals surface area contributed by atoms with Gasteiger partial charge >= 0.3 is 0 Å². The number of aryl methyl sites for hydroxylation is 2. The minimum absolute atomic E-state index is 0.00315. The molecule has 1 aliphatic rings. The molecule has 198 valence electrons. The summed E-state index contributed by atoms with van der Waals surface area (Å²) in [6.07, 6.45) is 0. The molecule has 8 heteroatoms. The number of ketones is 1. The van der Waals surface area contributed by atoms with Gasteiger partial charge in [-0.1, -0.05) is 18.2 Å². The molecule has 0 aromatic heterocycles. The van der Waals surface area contributed by atoms with Gasteiger partial charge in [0, 0.05) is 12.1 Å². The number of rotatable bonds is 8. The van der Waals surface area contributed by atoms with E-state index in [1.54, 1.807) is 56.7 Å². The number of likely N-dealkylation sites (tertiary alicyclic amines) is 1. The van der Waals surface area contributed by atoms with Gasteiger partial charge in [0.25, 0.3) is 11.7 Å². The number of hydrogen-bond acceptors (Lipinski definition) is 7. The Kier molecular flexibility index (Phi) is 7.62. The molecule has 0 saturated carbocycles. The van der Waals surface area contributed by atoms with Crippen molar-refractivity contribution in [2.45, 2.75) is 26.4 Å². The first kappa shape index (κ1) is 26.6. The molecule has 38 heavy (non-hydrogen) atoms. The lowest BCUT2D eigenvalue weighted by atomic mass is 9.92. The van der Waals surface area contributed by atoms with Crippen LogP contribution in [0.3, 0.4) is 0 Å². The predicted molar refractivity (Wildman–Crippen MR) is 143 cm³/mol. The molecular weight excluding hydrogens is 486 g/mol. The standard InChI is InChI=1S/C30H31NO7/c1-17-14-24(37-5)18(2)13-22(17)28(32)26-27(20-9-12-23(36-4)25(15-20)38-6)31(30(34)29(26)33)16-19-7-10-21(35-3)11-8-19/h7-15,27,32H,16H2,1-6H3/b28-26+. The van der Waals surface area contributed by atoms with E-state index in [2.05, 4.69) is 0 Å². The lowest BCUT2D eigenvalue weighted by Gasteiger charge is -2.26. The number of benzene rings is 3. The van der Waals surface area contributed by atoms with Crippen molar-refractivity contribution in [1.29, 1.82) is 0 Å². The summed E-state index contributed by atoms with van der Waals surface area (Å²) in [5, 5.41) is 11.6. The molecule has 0 radical (unpaired) electrons. The molecule has 0 spiro atoms. The van der Waals surface area contributed by atoms with E-state index in [4.69, 9.17) is 18.9 Å². The molecule has 0 aliphatic carbocycles. The predicted octanol–water partition coefficient (Wildman–Crippen LogP) is 4.96. The highest BCUT2D eigenvalue weighted by Crippen LogP contribution is 2.43. The smallest absolute Gasteiger partial charge is 0.295 e. The number of carbonyl (C=O) groups excluding carboxylic acids is 2. The Labute approximate surface area is 222 Å². The molecule has 4 rings (SSSR count). The number of Topliss-reactive ketones (excluding diaryl/α,β-unsaturated/α-hetero) is 1. The third kappa shape index (κ3) is 4.77. The molecule has 1 saturated heterocycles. The van der Waals surface area contributed by atoms with Gasteiger partial charge < -0.3 is 29.0 Å². The van der Waals surface area contributed by atoms with E-state index in [-0.39, 0.29) is 17.9 Å². The first-order valence-electron chi connectivity index (χ1n) is 12.0. The Hall–Kier alpha value is -4.46. The summed E-state index contributed by atoms with van der Waals surface area (Å²) in [5.74, 6) is 0.576. The van der Waals surface area contributed by atoms with E-state index >= 15 is 0 Å². The second-order valence-electron chi connectivity index (χ2n) is 9.03. The summed E-state index contributed by atoms with van der Waals surface area (Å²) in [6.45, 7) is 3.81. The topological polar surface area (TPSA) is 94.5 Å². The summed E-state index contributed by atoms with van der Waals surface area (Å²) in [4.78, 5) is 28.4. The monoisotopic (exact) mass is 517 g/mol. The normalized spacial score (nSPS) is 16.5. The van der Waals surface area contributed by atoms with Gasteiger partial charge in [0.05, 0.1) is 40.1 Å². The van der Waals surface area contributed by atoms with Gasteiger partial charge in [-0.25, -0.2) is 0 Å². The van der Waals surface area contributed by atoms with Gasteiger partial charge in [-0.05, 0) is 72.5 Å². The number of ether oxygens (including phenoxy) is 4. The van der Waals surface area contributed by atoms with Crippen LogP contribution >= 0.6 is 0 Å². The van der Waals surface area contributed by atoms with Crippen LogP contribution in [0.15, 0.2) is 60.2 Å². The maximum atomic E-state index is 13.5. The van der Waals surface area contributed by atoms with Crippen LogP contribution in [0, 0.1) is 13.8 Å². The third-order valence-electron chi connectivity index (χ3n) is 6.77. The van der Waals surface area contributed by atoms with Crippen LogP contribution in [0.5, 0.6) is 23.0 Å². The number of methoxy groups -OCH3 is 4. The molecule has 8 nitrogen and oxygen atoms in total. The Bertz CT molecular complexity index is 1410. The minimum atomic E-state index is -0.862. The lowest BCUT2D eigenvalue weighted by Crippen LogP contribution is -2.29. The van der Waals surface area contributed by atoms with Crippen molar-refractivity contribution in [2.75, 3.05) is 28.4 Å². The summed E-state index contributed by atoms with van der Waals surface area (Å²) >= 11 is 0. The molecule has 1 amide bonds. The van der Waals surface area contributed by atoms with Crippen LogP contribution in [0.1, 0.15) is 33.9 Å². The van der Waals surface area contributed by atoms with Gasteiger partial charge in [0.2, 0.25) is 0 Å². The second kappa shape index (κ2) is 10.9. The van der Waals surface area contributed by atoms with Crippen LogP contribution in [-0.4, -0.2) is 50.1 Å². The van der Waals surface area contributed by atoms with E-state index in [0.29, 0.717) is 39.7 Å². The van der Waals surface area contributed by atoms with Crippen LogP contribution in [0.25, 0.3) is 5.76 Å². The lowest BCUT2D eigenvalue weighted by molar-refractivity contribution is -0.140. The van der Waals surface area contributed by atoms with Crippen molar-refractivity contribution in [2.24, 2.45) is 0 Å². The number of hydrogen-bond donors (Lipinski definition) is 1. The molecule has 1 heterocycles. The molecule has 1 unspecified atom stereocenters. The van der Waals surface area contributed by atoms with Crippen LogP contribution in [-0.2, 0) is 16.1 Å². The number of aliphatic hydroxyl groups is 1. The molecule has 0 bridgehead atoms. The van der Waals surface area contributed by atoms with Crippen molar-refractivity contribution in [3.8, 4) is 23.0 Å². The highest BCUT2D eigenvalue weighted by molar-refractivity contribution is 6.46. The fraction of sp³-hybridized carbons (Fsp3) is 0.267. The van der Waals surface area contributed by atoms with E-state index < -0.39 is 17.7 Å². The zero-order valence-electron chi connectivity index (χ0n) is 22.3. The Balaban J connectivity index is 1.91.